The topological polar surface area (TPSA) is 726 Å². The number of phenols is 12. The maximum atomic E-state index is 13.2. The Labute approximate surface area is 782 Å². The van der Waals surface area contributed by atoms with Crippen LogP contribution in [0.2, 0.25) is 0 Å². The first-order chi connectivity index (χ1) is 65.8. The van der Waals surface area contributed by atoms with Gasteiger partial charge in [0.25, 0.3) is 11.8 Å². The van der Waals surface area contributed by atoms with Gasteiger partial charge in [0.05, 0.1) is 35.5 Å². The predicted octanol–water partition coefficient (Wildman–Crippen LogP) is 1.97. The highest BCUT2D eigenvalue weighted by atomic mass is 19.4. The van der Waals surface area contributed by atoms with E-state index in [4.69, 9.17) is 37.9 Å². The van der Waals surface area contributed by atoms with E-state index in [1.807, 2.05) is 0 Å². The zero-order valence-electron chi connectivity index (χ0n) is 72.0. The summed E-state index contributed by atoms with van der Waals surface area (Å²) in [6, 6.07) is 19.9. The summed E-state index contributed by atoms with van der Waals surface area (Å²) in [6.45, 7) is -0.297. The van der Waals surface area contributed by atoms with Crippen molar-refractivity contribution in [3.63, 3.8) is 0 Å². The molecule has 22 atom stereocenters. The van der Waals surface area contributed by atoms with Crippen molar-refractivity contribution in [3.8, 4) is 92.0 Å². The van der Waals surface area contributed by atoms with Gasteiger partial charge < -0.3 is 181 Å². The summed E-state index contributed by atoms with van der Waals surface area (Å²) in [4.78, 5) is 76.9. The number of alkyl halides is 6. The molecule has 8 aromatic rings. The molecule has 0 aliphatic carbocycles. The lowest BCUT2D eigenvalue weighted by Gasteiger charge is -2.40. The number of aromatic hydroxyl groups is 12. The van der Waals surface area contributed by atoms with Crippen molar-refractivity contribution >= 4 is 59.3 Å². The summed E-state index contributed by atoms with van der Waals surface area (Å²) in [6.07, 6.45) is -38.8. The molecule has 8 aromatic carbocycles. The van der Waals surface area contributed by atoms with Gasteiger partial charge in [-0.1, -0.05) is 24.3 Å². The van der Waals surface area contributed by atoms with E-state index in [2.05, 4.69) is 0 Å². The van der Waals surface area contributed by atoms with Crippen LogP contribution in [-0.4, -0.2) is 316 Å². The van der Waals surface area contributed by atoms with Crippen LogP contribution in [0.25, 0.3) is 24.3 Å². The van der Waals surface area contributed by atoms with Gasteiger partial charge in [0.1, 0.15) is 181 Å². The van der Waals surface area contributed by atoms with E-state index in [9.17, 15) is 188 Å². The molecule has 0 radical (unpaired) electrons. The molecule has 42 nitrogen and oxygen atoms in total. The number of carbonyl (C=O) groups is 6. The number of hydrogen-bond acceptors (Lipinski definition) is 40. The van der Waals surface area contributed by atoms with Crippen molar-refractivity contribution < 1.29 is 226 Å². The Hall–Kier alpha value is -14.0. The largest absolute Gasteiger partial charge is 0.507 e. The molecule has 8 heterocycles. The molecule has 4 fully saturated rings. The first-order valence-corrected chi connectivity index (χ1v) is 41.7. The zero-order valence-corrected chi connectivity index (χ0v) is 72.0. The number of fused-ring (bicyclic) bond motifs is 4. The number of amides is 2. The van der Waals surface area contributed by atoms with Gasteiger partial charge in [0.2, 0.25) is 11.6 Å². The van der Waals surface area contributed by atoms with Gasteiger partial charge in [-0.15, -0.1) is 0 Å². The molecule has 0 saturated carbocycles. The van der Waals surface area contributed by atoms with Crippen molar-refractivity contribution in [3.05, 3.63) is 211 Å². The van der Waals surface area contributed by atoms with E-state index in [1.54, 1.807) is 10.6 Å². The molecule has 28 N–H and O–H groups in total. The Morgan fingerprint density at radius 2 is 0.586 bits per heavy atom. The lowest BCUT2D eigenvalue weighted by atomic mass is 9.88. The number of rotatable bonds is 14. The number of ketones is 4. The van der Waals surface area contributed by atoms with Crippen molar-refractivity contribution in [2.24, 2.45) is 0 Å². The fraction of sp³-hybridized carbons (Fsp3) is 0.326. The average Bonchev–Trinajstić information content (AvgIpc) is 1.10. The Bertz CT molecular complexity index is 6260. The van der Waals surface area contributed by atoms with Crippen LogP contribution >= 0.6 is 0 Å². The normalized spacial score (nSPS) is 27.9. The maximum absolute atomic E-state index is 13.2. The van der Waals surface area contributed by atoms with E-state index in [1.165, 1.54) is 109 Å². The number of benzene rings is 8. The predicted molar refractivity (Wildman–Crippen MR) is 457 cm³/mol. The first kappa shape index (κ1) is 103. The monoisotopic (exact) mass is 1970 g/mol. The van der Waals surface area contributed by atoms with Crippen LogP contribution in [0.1, 0.15) is 124 Å². The lowest BCUT2D eigenvalue weighted by Crippen LogP contribution is -2.60. The van der Waals surface area contributed by atoms with E-state index in [0.29, 0.717) is 30.5 Å². The molecule has 0 bridgehead atoms. The number of halogens is 6. The number of nitrogens with one attached hydrogen (secondary N) is 2. The average molecular weight is 1980 g/mol. The summed E-state index contributed by atoms with van der Waals surface area (Å²) < 4.78 is 121. The molecule has 8 aliphatic heterocycles. The Balaban J connectivity index is 0.000000158. The fourth-order valence-electron chi connectivity index (χ4n) is 15.6. The Morgan fingerprint density at radius 1 is 0.329 bits per heavy atom. The molecular formula is C92H88F6N2O40. The molecule has 748 valence electrons. The fourth-order valence-corrected chi connectivity index (χ4v) is 15.6. The van der Waals surface area contributed by atoms with Gasteiger partial charge in [-0.25, -0.2) is 0 Å². The van der Waals surface area contributed by atoms with Gasteiger partial charge in [-0.3, -0.25) is 28.8 Å². The minimum atomic E-state index is -4.81. The molecule has 0 spiro atoms. The molecule has 8 aliphatic rings. The third-order valence-corrected chi connectivity index (χ3v) is 23.5. The minimum Gasteiger partial charge on any atom is -0.507 e. The molecular weight excluding hydrogens is 1890 g/mol. The van der Waals surface area contributed by atoms with E-state index < -0.39 is 218 Å². The van der Waals surface area contributed by atoms with Crippen LogP contribution in [0.5, 0.6) is 92.0 Å². The van der Waals surface area contributed by atoms with Crippen LogP contribution in [-0.2, 0) is 28.5 Å². The van der Waals surface area contributed by atoms with Crippen molar-refractivity contribution in [1.82, 2.24) is 10.6 Å². The molecule has 16 rings (SSSR count). The number of aliphatic hydroxyl groups excluding tert-OH is 14. The minimum absolute atomic E-state index is 0.0267. The highest BCUT2D eigenvalue weighted by Gasteiger charge is 2.54. The van der Waals surface area contributed by atoms with E-state index >= 15 is 0 Å². The highest BCUT2D eigenvalue weighted by Crippen LogP contribution is 2.50. The number of carbonyl (C=O) groups excluding carboxylic acids is 6. The maximum Gasteiger partial charge on any atom is 0.408 e. The second-order valence-electron chi connectivity index (χ2n) is 33.0. The standard InChI is InChI=1S/C25H24F3NO10.C24H22F3NO10.C22H22O10.C21H20O10/c1-9(25(26,27)28)29-24(37)23-21(36)19(34)20(35)22(39-23)12-6-13-17(7-15(12)31)38-8-11(18(13)33)4-10-2-3-14(30)16(32)5-10;1-8(24(25,26)27)28-23(36)22-20(35)18(33)19(34)21(38-22)10-6-11-15(7-13(10)30)37-16(17(11)32)5-9-2-3-12(29)14(31)4-9;23-7-17-19(28)20(29)21(30)22(32-17)11-5-12-16(6-14(11)25)31-8-10(18(12)27)3-9-1-2-13(24)15(26)4-9;22-7-16-18(27)19(28)20(29)21(31-16)9-5-10-14(6-12(9)24)30-15(17(10)26)4-8-1-2-11(23)13(25)3-8/h2-7,9,19-23,30-32,34-36H,8H2,1H3,(H,29,37);2-8,18-22,29-31,33-35H,1H3,(H,28,36);1-6,17,19-26,28-30H,7-8H2;1-6,16,18-25,27-29H,7H2/b11-4+;16-5-;10-3+;15-4-. The van der Waals surface area contributed by atoms with Crippen molar-refractivity contribution in [1.29, 1.82) is 0 Å². The first-order valence-electron chi connectivity index (χ1n) is 41.7. The van der Waals surface area contributed by atoms with Crippen molar-refractivity contribution in [2.45, 2.75) is 160 Å². The Morgan fingerprint density at radius 3 is 0.857 bits per heavy atom. The summed E-state index contributed by atoms with van der Waals surface area (Å²) in [5.41, 5.74) is 0.979. The summed E-state index contributed by atoms with van der Waals surface area (Å²) in [5.74, 6) is -10.4. The second kappa shape index (κ2) is 41.2. The third kappa shape index (κ3) is 21.4. The summed E-state index contributed by atoms with van der Waals surface area (Å²) >= 11 is 0. The number of phenolic OH excluding ortho intramolecular Hbond substituents is 12. The van der Waals surface area contributed by atoms with Gasteiger partial charge >= 0.3 is 12.4 Å². The third-order valence-electron chi connectivity index (χ3n) is 23.5. The van der Waals surface area contributed by atoms with Crippen LogP contribution in [0.3, 0.4) is 0 Å². The number of hydrogen-bond donors (Lipinski definition) is 28. The second-order valence-corrected chi connectivity index (χ2v) is 33.0. The van der Waals surface area contributed by atoms with Gasteiger partial charge in [-0.2, -0.15) is 26.3 Å². The zero-order chi connectivity index (χ0) is 103. The van der Waals surface area contributed by atoms with Gasteiger partial charge in [0.15, 0.2) is 81.3 Å². The number of aliphatic hydroxyl groups is 14. The molecule has 0 aromatic heterocycles. The SMILES string of the molecule is CC(NC(=O)C1OC(c2cc3c(cc2O)O/C(=C\c2ccc(O)c(O)c2)C3=O)C(O)C(O)C1O)C(F)(F)F.CC(NC(=O)C1OC(c2cc3c(cc2O)OC/C(=C\c2ccc(O)c(O)c2)C3=O)C(O)C(O)C1O)C(F)(F)F.O=C1/C(=C/c2ccc(O)c(O)c2)COc2cc(O)c(C3OC(CO)C(O)C(O)C3O)cc21.O=C1/C(=C/c2ccc(O)c(O)c2)Oc2cc(O)c(C3OC(CO)C(O)C(O)C3O)cc21. The number of ether oxygens (including phenoxy) is 8. The molecule has 4 saturated heterocycles. The Kier molecular flexibility index (Phi) is 30.4. The highest BCUT2D eigenvalue weighted by molar-refractivity contribution is 6.17. The van der Waals surface area contributed by atoms with Gasteiger partial charge in [-0.05, 0) is 133 Å². The number of allylic oxidation sites excluding steroid dienone is 2. The van der Waals surface area contributed by atoms with E-state index in [0.717, 1.165) is 36.4 Å². The smallest absolute Gasteiger partial charge is 0.408 e. The summed E-state index contributed by atoms with van der Waals surface area (Å²) in [7, 11) is 0. The quantitative estimate of drug-likeness (QED) is 0.0420. The molecule has 48 heteroatoms. The van der Waals surface area contributed by atoms with E-state index in [-0.39, 0.29) is 155 Å². The molecule has 140 heavy (non-hydrogen) atoms. The number of Topliss-reactive ketones (excluding diaryl/α,β-unsaturated/α-hetero) is 4. The van der Waals surface area contributed by atoms with Crippen LogP contribution in [0, 0.1) is 0 Å². The molecule has 22 unspecified atom stereocenters. The van der Waals surface area contributed by atoms with Gasteiger partial charge in [0, 0.05) is 57.7 Å². The van der Waals surface area contributed by atoms with Crippen LogP contribution in [0.15, 0.2) is 144 Å². The van der Waals surface area contributed by atoms with Crippen LogP contribution in [0.4, 0.5) is 26.3 Å². The molecule has 2 amide bonds. The van der Waals surface area contributed by atoms with Crippen LogP contribution < -0.4 is 29.6 Å². The summed E-state index contributed by atoms with van der Waals surface area (Å²) in [5, 5.41) is 263. The van der Waals surface area contributed by atoms with Crippen molar-refractivity contribution in [2.75, 3.05) is 26.4 Å². The lowest BCUT2D eigenvalue weighted by molar-refractivity contribution is -0.232.